The molecule has 0 amide bonds. The lowest BCUT2D eigenvalue weighted by Gasteiger charge is -2.20. The Morgan fingerprint density at radius 2 is 1.88 bits per heavy atom. The van der Waals surface area contributed by atoms with Crippen molar-refractivity contribution in [1.82, 2.24) is 29.7 Å². The van der Waals surface area contributed by atoms with E-state index >= 15 is 0 Å². The first kappa shape index (κ1) is 21.8. The number of hydrogen-bond donors (Lipinski definition) is 1. The molecule has 7 nitrogen and oxygen atoms in total. The van der Waals surface area contributed by atoms with Crippen LogP contribution in [0.25, 0.3) is 28.2 Å². The van der Waals surface area contributed by atoms with Gasteiger partial charge in [-0.05, 0) is 38.2 Å². The molecule has 32 heavy (non-hydrogen) atoms. The normalized spacial score (nSPS) is 13.1. The van der Waals surface area contributed by atoms with Crippen LogP contribution in [-0.2, 0) is 6.42 Å². The molecule has 0 aliphatic heterocycles. The van der Waals surface area contributed by atoms with Crippen LogP contribution in [0.2, 0.25) is 0 Å². The van der Waals surface area contributed by atoms with Crippen molar-refractivity contribution in [2.24, 2.45) is 0 Å². The van der Waals surface area contributed by atoms with Gasteiger partial charge in [0.05, 0.1) is 24.9 Å². The van der Waals surface area contributed by atoms with E-state index < -0.39 is 12.6 Å². The zero-order valence-electron chi connectivity index (χ0n) is 18.1. The van der Waals surface area contributed by atoms with Crippen molar-refractivity contribution in [1.29, 1.82) is 0 Å². The number of fused-ring (bicyclic) bond motifs is 1. The lowest BCUT2D eigenvalue weighted by atomic mass is 9.98. The summed E-state index contributed by atoms with van der Waals surface area (Å²) in [6.45, 7) is 2.06. The summed E-state index contributed by atoms with van der Waals surface area (Å²) in [6, 6.07) is 9.26. The molecular formula is C22H23F3N6O. The number of halogens is 3. The van der Waals surface area contributed by atoms with Crippen LogP contribution in [0.1, 0.15) is 24.1 Å². The van der Waals surface area contributed by atoms with Gasteiger partial charge in [0.25, 0.3) is 0 Å². The third-order valence-corrected chi connectivity index (χ3v) is 5.54. The number of methoxy groups -OCH3 is 1. The first-order valence-corrected chi connectivity index (χ1v) is 9.96. The molecule has 0 spiro atoms. The highest BCUT2D eigenvalue weighted by molar-refractivity contribution is 5.76. The first-order valence-electron chi connectivity index (χ1n) is 9.96. The molecule has 1 N–H and O–H groups in total. The number of benzene rings is 1. The second-order valence-electron chi connectivity index (χ2n) is 7.80. The number of aromatic nitrogens is 5. The summed E-state index contributed by atoms with van der Waals surface area (Å²) in [6.07, 6.45) is -2.59. The molecule has 1 aromatic carbocycles. The molecule has 0 saturated carbocycles. The number of rotatable bonds is 6. The predicted octanol–water partition coefficient (Wildman–Crippen LogP) is 4.52. The summed E-state index contributed by atoms with van der Waals surface area (Å²) in [5.74, 6) is 0.393. The second-order valence-corrected chi connectivity index (χ2v) is 7.80. The lowest BCUT2D eigenvalue weighted by molar-refractivity contribution is -0.127. The van der Waals surface area contributed by atoms with Crippen molar-refractivity contribution in [3.05, 3.63) is 54.0 Å². The maximum atomic E-state index is 13.5. The van der Waals surface area contributed by atoms with Crippen LogP contribution in [0, 0.1) is 0 Å². The number of nitrogens with one attached hydrogen (secondary N) is 1. The topological polar surface area (TPSA) is 71.3 Å². The molecule has 0 aliphatic carbocycles. The maximum Gasteiger partial charge on any atom is 0.393 e. The molecule has 3 aromatic heterocycles. The highest BCUT2D eigenvalue weighted by Gasteiger charge is 2.32. The molecule has 4 aromatic rings. The van der Waals surface area contributed by atoms with Crippen molar-refractivity contribution in [3.63, 3.8) is 0 Å². The zero-order chi connectivity index (χ0) is 23.0. The van der Waals surface area contributed by atoms with Gasteiger partial charge in [-0.1, -0.05) is 24.3 Å². The Labute approximate surface area is 182 Å². The molecule has 0 fully saturated rings. The first-order chi connectivity index (χ1) is 15.2. The van der Waals surface area contributed by atoms with Crippen LogP contribution in [0.3, 0.4) is 0 Å². The number of pyridine rings is 1. The predicted molar refractivity (Wildman–Crippen MR) is 114 cm³/mol. The van der Waals surface area contributed by atoms with E-state index in [1.54, 1.807) is 12.3 Å². The lowest BCUT2D eigenvalue weighted by Crippen LogP contribution is -2.16. The highest BCUT2D eigenvalue weighted by Crippen LogP contribution is 2.36. The van der Waals surface area contributed by atoms with Gasteiger partial charge >= 0.3 is 6.18 Å². The minimum Gasteiger partial charge on any atom is -0.493 e. The Kier molecular flexibility index (Phi) is 5.64. The fourth-order valence-electron chi connectivity index (χ4n) is 3.62. The van der Waals surface area contributed by atoms with Crippen molar-refractivity contribution in [2.75, 3.05) is 21.2 Å². The van der Waals surface area contributed by atoms with E-state index in [9.17, 15) is 13.2 Å². The average Bonchev–Trinajstić information content (AvgIpc) is 3.38. The Morgan fingerprint density at radius 3 is 2.50 bits per heavy atom. The average molecular weight is 444 g/mol. The Bertz CT molecular complexity index is 1230. The van der Waals surface area contributed by atoms with Crippen LogP contribution in [0.15, 0.2) is 42.9 Å². The van der Waals surface area contributed by atoms with Crippen LogP contribution in [-0.4, -0.2) is 57.1 Å². The van der Waals surface area contributed by atoms with Crippen molar-refractivity contribution >= 4 is 5.65 Å². The quantitative estimate of drug-likeness (QED) is 0.473. The number of ether oxygens (including phenoxy) is 1. The van der Waals surface area contributed by atoms with Crippen molar-refractivity contribution in [2.45, 2.75) is 25.6 Å². The number of nitrogens with zero attached hydrogens (tertiary/aromatic N) is 5. The number of hydrogen-bond acceptors (Lipinski definition) is 5. The van der Waals surface area contributed by atoms with Gasteiger partial charge in [-0.25, -0.2) is 9.50 Å². The number of H-pyrrole nitrogens is 1. The van der Waals surface area contributed by atoms with Crippen LogP contribution < -0.4 is 4.74 Å². The molecule has 4 rings (SSSR count). The molecule has 168 valence electrons. The summed E-state index contributed by atoms with van der Waals surface area (Å²) in [5, 5.41) is 11.1. The minimum absolute atomic E-state index is 0.0624. The largest absolute Gasteiger partial charge is 0.493 e. The van der Waals surface area contributed by atoms with Crippen molar-refractivity contribution in [3.8, 4) is 28.3 Å². The van der Waals surface area contributed by atoms with E-state index in [-0.39, 0.29) is 17.3 Å². The summed E-state index contributed by atoms with van der Waals surface area (Å²) < 4.78 is 47.4. The molecule has 10 heteroatoms. The standard InChI is InChI=1S/C22H23F3N6O/c1-13(30(2)3)14-5-7-15(8-6-14)19-17(10-22(23,24)25)20(29-28-19)16-9-18(32-4)21-26-12-27-31(21)11-16/h5-9,11-13H,10H2,1-4H3,(H,28,29). The summed E-state index contributed by atoms with van der Waals surface area (Å²) >= 11 is 0. The fourth-order valence-corrected chi connectivity index (χ4v) is 3.62. The van der Waals surface area contributed by atoms with Gasteiger partial charge < -0.3 is 9.64 Å². The van der Waals surface area contributed by atoms with E-state index in [2.05, 4.69) is 32.1 Å². The van der Waals surface area contributed by atoms with Gasteiger partial charge in [0, 0.05) is 23.4 Å². The van der Waals surface area contributed by atoms with Gasteiger partial charge in [-0.15, -0.1) is 0 Å². The van der Waals surface area contributed by atoms with Crippen LogP contribution in [0.4, 0.5) is 13.2 Å². The SMILES string of the molecule is COc1cc(-c2n[nH]c(-c3ccc(C(C)N(C)C)cc3)c2CC(F)(F)F)cn2ncnc12. The molecule has 0 saturated heterocycles. The van der Waals surface area contributed by atoms with Crippen molar-refractivity contribution < 1.29 is 17.9 Å². The van der Waals surface area contributed by atoms with Gasteiger partial charge in [0.15, 0.2) is 11.4 Å². The zero-order valence-corrected chi connectivity index (χ0v) is 18.1. The van der Waals surface area contributed by atoms with Crippen LogP contribution in [0.5, 0.6) is 5.75 Å². The summed E-state index contributed by atoms with van der Waals surface area (Å²) in [4.78, 5) is 6.17. The molecular weight excluding hydrogens is 421 g/mol. The van der Waals surface area contributed by atoms with E-state index in [0.29, 0.717) is 28.2 Å². The third kappa shape index (κ3) is 4.18. The molecule has 1 unspecified atom stereocenters. The second kappa shape index (κ2) is 8.27. The van der Waals surface area contributed by atoms with E-state index in [4.69, 9.17) is 4.74 Å². The van der Waals surface area contributed by atoms with Gasteiger partial charge in [0.2, 0.25) is 0 Å². The van der Waals surface area contributed by atoms with E-state index in [0.717, 1.165) is 5.56 Å². The Hall–Kier alpha value is -3.40. The monoisotopic (exact) mass is 444 g/mol. The minimum atomic E-state index is -4.41. The smallest absolute Gasteiger partial charge is 0.393 e. The third-order valence-electron chi connectivity index (χ3n) is 5.54. The Balaban J connectivity index is 1.82. The van der Waals surface area contributed by atoms with Gasteiger partial charge in [0.1, 0.15) is 6.33 Å². The molecule has 0 bridgehead atoms. The summed E-state index contributed by atoms with van der Waals surface area (Å²) in [7, 11) is 5.42. The fraction of sp³-hybridized carbons (Fsp3) is 0.318. The number of alkyl halides is 3. The van der Waals surface area contributed by atoms with Crippen LogP contribution >= 0.6 is 0 Å². The summed E-state index contributed by atoms with van der Waals surface area (Å²) in [5.41, 5.74) is 3.20. The van der Waals surface area contributed by atoms with Gasteiger partial charge in [-0.3, -0.25) is 5.10 Å². The van der Waals surface area contributed by atoms with E-state index in [1.165, 1.54) is 18.0 Å². The maximum absolute atomic E-state index is 13.5. The highest BCUT2D eigenvalue weighted by atomic mass is 19.4. The molecule has 3 heterocycles. The van der Waals surface area contributed by atoms with E-state index in [1.807, 2.05) is 38.4 Å². The van der Waals surface area contributed by atoms with Gasteiger partial charge in [-0.2, -0.15) is 23.4 Å². The molecule has 1 atom stereocenters. The molecule has 0 aliphatic rings. The molecule has 0 radical (unpaired) electrons. The Morgan fingerprint density at radius 1 is 1.16 bits per heavy atom. The number of aromatic amines is 1.